The molecule has 0 amide bonds. The molecule has 1 atom stereocenters. The zero-order valence-electron chi connectivity index (χ0n) is 11.1. The molecule has 0 bridgehead atoms. The van der Waals surface area contributed by atoms with E-state index >= 15 is 0 Å². The van der Waals surface area contributed by atoms with E-state index in [0.29, 0.717) is 0 Å². The van der Waals surface area contributed by atoms with Crippen LogP contribution >= 0.6 is 34.2 Å². The third-order valence-electron chi connectivity index (χ3n) is 3.20. The van der Waals surface area contributed by atoms with Gasteiger partial charge in [0.15, 0.2) is 0 Å². The van der Waals surface area contributed by atoms with Crippen LogP contribution in [0.15, 0.2) is 30.0 Å². The van der Waals surface area contributed by atoms with Crippen molar-refractivity contribution in [1.82, 2.24) is 5.32 Å². The Hall–Kier alpha value is -0.260. The van der Waals surface area contributed by atoms with E-state index in [9.17, 15) is 0 Å². The third-order valence-corrected chi connectivity index (χ3v) is 4.42. The highest BCUT2D eigenvalue weighted by atomic mass is 127. The van der Waals surface area contributed by atoms with Gasteiger partial charge in [0.25, 0.3) is 0 Å². The van der Waals surface area contributed by atoms with Crippen molar-refractivity contribution in [3.8, 4) is 0 Å². The monoisotopic (exact) mass is 391 g/mol. The normalized spacial score (nSPS) is 16.7. The first-order chi connectivity index (χ1) is 9.22. The predicted molar refractivity (Wildman–Crippen MR) is 88.5 cm³/mol. The Morgan fingerprint density at radius 1 is 1.47 bits per heavy atom. The van der Waals surface area contributed by atoms with E-state index in [1.807, 2.05) is 12.3 Å². The van der Waals surface area contributed by atoms with Crippen molar-refractivity contribution < 1.29 is 4.74 Å². The van der Waals surface area contributed by atoms with Crippen molar-refractivity contribution >= 4 is 34.2 Å². The summed E-state index contributed by atoms with van der Waals surface area (Å²) in [4.78, 5) is 0. The molecule has 2 rings (SSSR count). The molecule has 4 heteroatoms. The average molecular weight is 392 g/mol. The Bertz CT molecular complexity index is 461. The fraction of sp³-hybridized carbons (Fsp3) is 0.467. The summed E-state index contributed by atoms with van der Waals surface area (Å²) in [6, 6.07) is 6.29. The van der Waals surface area contributed by atoms with Crippen LogP contribution in [-0.2, 0) is 4.74 Å². The molecule has 0 aliphatic carbocycles. The first-order valence-electron chi connectivity index (χ1n) is 6.71. The molecule has 1 aliphatic heterocycles. The number of benzene rings is 1. The van der Waals surface area contributed by atoms with Gasteiger partial charge in [-0.15, -0.1) is 0 Å². The molecule has 1 aliphatic rings. The fourth-order valence-electron chi connectivity index (χ4n) is 2.26. The number of nitrogens with one attached hydrogen (secondary N) is 1. The van der Waals surface area contributed by atoms with Crippen LogP contribution in [-0.4, -0.2) is 13.2 Å². The lowest BCUT2D eigenvalue weighted by Crippen LogP contribution is -2.26. The van der Waals surface area contributed by atoms with Gasteiger partial charge in [-0.05, 0) is 77.7 Å². The van der Waals surface area contributed by atoms with Gasteiger partial charge < -0.3 is 10.1 Å². The van der Waals surface area contributed by atoms with E-state index in [0.717, 1.165) is 37.4 Å². The fourth-order valence-corrected chi connectivity index (χ4v) is 3.09. The third kappa shape index (κ3) is 4.10. The Morgan fingerprint density at radius 3 is 3.00 bits per heavy atom. The standard InChI is InChI=1S/C15H19ClINO/c1-2-7-18-15(11-4-3-8-19-10-11)13-9-12(16)5-6-14(13)17/h5-6,9-10,15,18H,2-4,7-8H2,1H3. The summed E-state index contributed by atoms with van der Waals surface area (Å²) in [5.41, 5.74) is 2.57. The van der Waals surface area contributed by atoms with E-state index in [1.165, 1.54) is 14.7 Å². The summed E-state index contributed by atoms with van der Waals surface area (Å²) in [5, 5.41) is 4.40. The number of ether oxygens (including phenoxy) is 1. The van der Waals surface area contributed by atoms with E-state index in [1.54, 1.807) is 0 Å². The molecule has 1 heterocycles. The van der Waals surface area contributed by atoms with Crippen LogP contribution in [0.4, 0.5) is 0 Å². The molecule has 0 spiro atoms. The maximum Gasteiger partial charge on any atom is 0.0876 e. The van der Waals surface area contributed by atoms with Crippen LogP contribution in [0.5, 0.6) is 0 Å². The molecule has 0 saturated heterocycles. The lowest BCUT2D eigenvalue weighted by Gasteiger charge is -2.25. The summed E-state index contributed by atoms with van der Waals surface area (Å²) in [6.07, 6.45) is 5.22. The zero-order valence-corrected chi connectivity index (χ0v) is 14.0. The number of hydrogen-bond donors (Lipinski definition) is 1. The first-order valence-corrected chi connectivity index (χ1v) is 8.17. The summed E-state index contributed by atoms with van der Waals surface area (Å²) in [5.74, 6) is 0. The van der Waals surface area contributed by atoms with Crippen molar-refractivity contribution in [3.63, 3.8) is 0 Å². The molecule has 1 N–H and O–H groups in total. The van der Waals surface area contributed by atoms with Gasteiger partial charge in [-0.1, -0.05) is 18.5 Å². The summed E-state index contributed by atoms with van der Waals surface area (Å²) in [6.45, 7) is 4.00. The van der Waals surface area contributed by atoms with E-state index < -0.39 is 0 Å². The van der Waals surface area contributed by atoms with Crippen LogP contribution in [0.1, 0.15) is 37.8 Å². The molecular formula is C15H19ClINO. The van der Waals surface area contributed by atoms with Crippen molar-refractivity contribution in [2.24, 2.45) is 0 Å². The lowest BCUT2D eigenvalue weighted by molar-refractivity contribution is 0.219. The smallest absolute Gasteiger partial charge is 0.0876 e. The maximum atomic E-state index is 6.15. The molecule has 1 aromatic rings. The van der Waals surface area contributed by atoms with Crippen LogP contribution < -0.4 is 5.32 Å². The molecule has 1 aromatic carbocycles. The van der Waals surface area contributed by atoms with Crippen LogP contribution in [0.2, 0.25) is 5.02 Å². The van der Waals surface area contributed by atoms with Crippen molar-refractivity contribution in [1.29, 1.82) is 0 Å². The van der Waals surface area contributed by atoms with Gasteiger partial charge in [-0.3, -0.25) is 0 Å². The second-order valence-electron chi connectivity index (χ2n) is 4.72. The highest BCUT2D eigenvalue weighted by Crippen LogP contribution is 2.32. The van der Waals surface area contributed by atoms with E-state index in [2.05, 4.69) is 47.0 Å². The predicted octanol–water partition coefficient (Wildman–Crippen LogP) is 4.68. The second kappa shape index (κ2) is 7.50. The highest BCUT2D eigenvalue weighted by Gasteiger charge is 2.20. The van der Waals surface area contributed by atoms with Crippen molar-refractivity contribution in [2.45, 2.75) is 32.2 Å². The zero-order chi connectivity index (χ0) is 13.7. The van der Waals surface area contributed by atoms with Crippen LogP contribution in [0, 0.1) is 3.57 Å². The lowest BCUT2D eigenvalue weighted by atomic mass is 9.95. The minimum absolute atomic E-state index is 0.214. The van der Waals surface area contributed by atoms with Gasteiger partial charge >= 0.3 is 0 Å². The van der Waals surface area contributed by atoms with Gasteiger partial charge in [-0.25, -0.2) is 0 Å². The molecule has 104 valence electrons. The Morgan fingerprint density at radius 2 is 2.32 bits per heavy atom. The minimum Gasteiger partial charge on any atom is -0.501 e. The molecule has 1 unspecified atom stereocenters. The minimum atomic E-state index is 0.214. The van der Waals surface area contributed by atoms with Crippen molar-refractivity contribution in [2.75, 3.05) is 13.2 Å². The molecule has 2 nitrogen and oxygen atoms in total. The largest absolute Gasteiger partial charge is 0.501 e. The summed E-state index contributed by atoms with van der Waals surface area (Å²) in [7, 11) is 0. The van der Waals surface area contributed by atoms with Crippen LogP contribution in [0.25, 0.3) is 0 Å². The van der Waals surface area contributed by atoms with Gasteiger partial charge in [0.1, 0.15) is 0 Å². The van der Waals surface area contributed by atoms with E-state index in [4.69, 9.17) is 16.3 Å². The van der Waals surface area contributed by atoms with Crippen LogP contribution in [0.3, 0.4) is 0 Å². The number of hydrogen-bond acceptors (Lipinski definition) is 2. The van der Waals surface area contributed by atoms with Gasteiger partial charge in [0.2, 0.25) is 0 Å². The van der Waals surface area contributed by atoms with Crippen molar-refractivity contribution in [3.05, 3.63) is 44.2 Å². The topological polar surface area (TPSA) is 21.3 Å². The SMILES string of the molecule is CCCNC(C1=COCCC1)c1cc(Cl)ccc1I. The molecule has 0 radical (unpaired) electrons. The molecule has 19 heavy (non-hydrogen) atoms. The Balaban J connectivity index is 2.30. The Labute approximate surface area is 133 Å². The summed E-state index contributed by atoms with van der Waals surface area (Å²) >= 11 is 8.53. The van der Waals surface area contributed by atoms with Gasteiger partial charge in [0.05, 0.1) is 18.9 Å². The molecule has 0 saturated carbocycles. The second-order valence-corrected chi connectivity index (χ2v) is 6.32. The molecule has 0 aromatic heterocycles. The van der Waals surface area contributed by atoms with Gasteiger partial charge in [-0.2, -0.15) is 0 Å². The highest BCUT2D eigenvalue weighted by molar-refractivity contribution is 14.1. The Kier molecular flexibility index (Phi) is 5.98. The van der Waals surface area contributed by atoms with E-state index in [-0.39, 0.29) is 6.04 Å². The quantitative estimate of drug-likeness (QED) is 0.736. The summed E-state index contributed by atoms with van der Waals surface area (Å²) < 4.78 is 6.74. The molecular weight excluding hydrogens is 373 g/mol. The average Bonchev–Trinajstić information content (AvgIpc) is 2.44. The van der Waals surface area contributed by atoms with Gasteiger partial charge in [0, 0.05) is 8.59 Å². The first kappa shape index (κ1) is 15.1. The maximum absolute atomic E-state index is 6.15. The number of rotatable bonds is 5. The molecule has 0 fully saturated rings. The number of halogens is 2.